The maximum Gasteiger partial charge on any atom is 0.323 e. The van der Waals surface area contributed by atoms with Crippen molar-refractivity contribution < 1.29 is 23.6 Å². The first-order valence-electron chi connectivity index (χ1n) is 4.82. The smallest absolute Gasteiger partial charge is 0.323 e. The Morgan fingerprint density at radius 1 is 1.56 bits per heavy atom. The second-order valence-electron chi connectivity index (χ2n) is 3.55. The highest BCUT2D eigenvalue weighted by atomic mass is 19.3. The van der Waals surface area contributed by atoms with Gasteiger partial charge in [0.15, 0.2) is 0 Å². The summed E-state index contributed by atoms with van der Waals surface area (Å²) in [5.41, 5.74) is -1.07. The van der Waals surface area contributed by atoms with Gasteiger partial charge in [-0.1, -0.05) is 0 Å². The summed E-state index contributed by atoms with van der Waals surface area (Å²) in [7, 11) is 1.32. The summed E-state index contributed by atoms with van der Waals surface area (Å²) in [6.07, 6.45) is -2.92. The third-order valence-corrected chi connectivity index (χ3v) is 2.24. The lowest BCUT2D eigenvalue weighted by molar-refractivity contribution is -0.385. The van der Waals surface area contributed by atoms with Gasteiger partial charge in [-0.2, -0.15) is 0 Å². The second kappa shape index (κ2) is 5.39. The van der Waals surface area contributed by atoms with E-state index in [4.69, 9.17) is 5.11 Å². The number of aliphatic carboxylic acids is 1. The van der Waals surface area contributed by atoms with E-state index in [1.807, 2.05) is 0 Å². The van der Waals surface area contributed by atoms with Crippen LogP contribution in [-0.2, 0) is 4.79 Å². The molecule has 18 heavy (non-hydrogen) atoms. The van der Waals surface area contributed by atoms with Crippen LogP contribution < -0.4 is 4.90 Å². The van der Waals surface area contributed by atoms with Crippen molar-refractivity contribution in [3.8, 4) is 0 Å². The van der Waals surface area contributed by atoms with Gasteiger partial charge in [-0.3, -0.25) is 14.9 Å². The van der Waals surface area contributed by atoms with E-state index in [0.29, 0.717) is 0 Å². The van der Waals surface area contributed by atoms with Crippen LogP contribution in [0, 0.1) is 10.1 Å². The quantitative estimate of drug-likeness (QED) is 0.647. The van der Waals surface area contributed by atoms with Crippen LogP contribution in [0.2, 0.25) is 0 Å². The average molecular weight is 260 g/mol. The minimum atomic E-state index is -2.92. The zero-order chi connectivity index (χ0) is 13.9. The second-order valence-corrected chi connectivity index (χ2v) is 3.55. The molecule has 0 atom stereocenters. The Morgan fingerprint density at radius 2 is 2.17 bits per heavy atom. The number of nitrogens with zero attached hydrogens (tertiary/aromatic N) is 2. The zero-order valence-electron chi connectivity index (χ0n) is 9.34. The molecule has 0 heterocycles. The molecule has 1 N–H and O–H groups in total. The van der Waals surface area contributed by atoms with Crippen molar-refractivity contribution in [1.29, 1.82) is 0 Å². The van der Waals surface area contributed by atoms with Crippen LogP contribution in [-0.4, -0.2) is 29.6 Å². The standard InChI is InChI=1S/C10H10F2N2O4/c1-13(5-9(15)16)8-3-2-6(14(17)18)4-7(8)10(11)12/h2-4,10H,5H2,1H3,(H,15,16). The van der Waals surface area contributed by atoms with E-state index < -0.39 is 35.1 Å². The monoisotopic (exact) mass is 260 g/mol. The molecule has 0 aliphatic heterocycles. The molecule has 8 heteroatoms. The largest absolute Gasteiger partial charge is 0.480 e. The van der Waals surface area contributed by atoms with E-state index in [1.54, 1.807) is 0 Å². The molecule has 1 rings (SSSR count). The maximum atomic E-state index is 12.8. The number of benzene rings is 1. The number of carboxylic acid groups (broad SMARTS) is 1. The molecule has 0 aromatic heterocycles. The molecule has 0 aliphatic rings. The molecular weight excluding hydrogens is 250 g/mol. The summed E-state index contributed by atoms with van der Waals surface area (Å²) in [5.74, 6) is -1.18. The molecule has 6 nitrogen and oxygen atoms in total. The summed E-state index contributed by atoms with van der Waals surface area (Å²) in [4.78, 5) is 21.3. The fourth-order valence-electron chi connectivity index (χ4n) is 1.47. The van der Waals surface area contributed by atoms with Crippen LogP contribution in [0.15, 0.2) is 18.2 Å². The normalized spacial score (nSPS) is 10.4. The molecule has 0 saturated heterocycles. The van der Waals surface area contributed by atoms with Crippen molar-refractivity contribution >= 4 is 17.3 Å². The van der Waals surface area contributed by atoms with Crippen LogP contribution in [0.4, 0.5) is 20.2 Å². The van der Waals surface area contributed by atoms with E-state index >= 15 is 0 Å². The number of alkyl halides is 2. The van der Waals surface area contributed by atoms with Crippen LogP contribution in [0.1, 0.15) is 12.0 Å². The van der Waals surface area contributed by atoms with Gasteiger partial charge in [0, 0.05) is 30.4 Å². The molecule has 0 bridgehead atoms. The molecule has 0 aliphatic carbocycles. The molecule has 0 amide bonds. The summed E-state index contributed by atoms with van der Waals surface area (Å²) < 4.78 is 25.5. The van der Waals surface area contributed by atoms with Gasteiger partial charge in [0.1, 0.15) is 6.54 Å². The number of carboxylic acids is 1. The van der Waals surface area contributed by atoms with E-state index in [2.05, 4.69) is 0 Å². The number of likely N-dealkylation sites (N-methyl/N-ethyl adjacent to an activating group) is 1. The van der Waals surface area contributed by atoms with Crippen molar-refractivity contribution in [3.63, 3.8) is 0 Å². The Hall–Kier alpha value is -2.25. The lowest BCUT2D eigenvalue weighted by atomic mass is 10.1. The fraction of sp³-hybridized carbons (Fsp3) is 0.300. The number of hydrogen-bond acceptors (Lipinski definition) is 4. The van der Waals surface area contributed by atoms with Crippen molar-refractivity contribution in [2.24, 2.45) is 0 Å². The molecular formula is C10H10F2N2O4. The van der Waals surface area contributed by atoms with Crippen molar-refractivity contribution in [3.05, 3.63) is 33.9 Å². The molecule has 0 radical (unpaired) electrons. The van der Waals surface area contributed by atoms with Gasteiger partial charge >= 0.3 is 5.97 Å². The van der Waals surface area contributed by atoms with Gasteiger partial charge in [-0.15, -0.1) is 0 Å². The molecule has 98 valence electrons. The Labute approximate surface area is 101 Å². The SMILES string of the molecule is CN(CC(=O)O)c1ccc([N+](=O)[O-])cc1C(F)F. The highest BCUT2D eigenvalue weighted by Gasteiger charge is 2.20. The molecule has 1 aromatic carbocycles. The predicted octanol–water partition coefficient (Wildman–Crippen LogP) is 2.05. The molecule has 0 saturated carbocycles. The Bertz CT molecular complexity index is 479. The molecule has 0 fully saturated rings. The van der Waals surface area contributed by atoms with Gasteiger partial charge in [0.2, 0.25) is 0 Å². The van der Waals surface area contributed by atoms with Crippen LogP contribution in [0.3, 0.4) is 0 Å². The Morgan fingerprint density at radius 3 is 2.61 bits per heavy atom. The Balaban J connectivity index is 3.18. The van der Waals surface area contributed by atoms with Gasteiger partial charge in [0.05, 0.1) is 4.92 Å². The lowest BCUT2D eigenvalue weighted by Gasteiger charge is -2.20. The van der Waals surface area contributed by atoms with E-state index in [1.165, 1.54) is 7.05 Å². The number of carbonyl (C=O) groups is 1. The third kappa shape index (κ3) is 3.12. The molecule has 0 unspecified atom stereocenters. The van der Waals surface area contributed by atoms with E-state index in [0.717, 1.165) is 23.1 Å². The number of non-ortho nitro benzene ring substituents is 1. The summed E-state index contributed by atoms with van der Waals surface area (Å²) in [6, 6.07) is 2.92. The minimum absolute atomic E-state index is 0.0435. The number of nitro groups is 1. The first-order chi connectivity index (χ1) is 8.32. The molecule has 1 aromatic rings. The first-order valence-corrected chi connectivity index (χ1v) is 4.82. The minimum Gasteiger partial charge on any atom is -0.480 e. The van der Waals surface area contributed by atoms with Crippen molar-refractivity contribution in [2.45, 2.75) is 6.43 Å². The van der Waals surface area contributed by atoms with Gasteiger partial charge in [-0.05, 0) is 6.07 Å². The summed E-state index contributed by atoms with van der Waals surface area (Å²) in [5, 5.41) is 19.1. The van der Waals surface area contributed by atoms with Crippen LogP contribution >= 0.6 is 0 Å². The van der Waals surface area contributed by atoms with Crippen molar-refractivity contribution in [2.75, 3.05) is 18.5 Å². The van der Waals surface area contributed by atoms with Crippen molar-refractivity contribution in [1.82, 2.24) is 0 Å². The number of halogens is 2. The van der Waals surface area contributed by atoms with Gasteiger partial charge in [0.25, 0.3) is 12.1 Å². The van der Waals surface area contributed by atoms with E-state index in [9.17, 15) is 23.7 Å². The number of hydrogen-bond donors (Lipinski definition) is 1. The first kappa shape index (κ1) is 13.8. The third-order valence-electron chi connectivity index (χ3n) is 2.24. The van der Waals surface area contributed by atoms with E-state index in [-0.39, 0.29) is 5.69 Å². The highest BCUT2D eigenvalue weighted by Crippen LogP contribution is 2.32. The van der Waals surface area contributed by atoms with Crippen LogP contribution in [0.5, 0.6) is 0 Å². The van der Waals surface area contributed by atoms with Crippen LogP contribution in [0.25, 0.3) is 0 Å². The Kier molecular flexibility index (Phi) is 4.13. The predicted molar refractivity (Wildman–Crippen MR) is 59.0 cm³/mol. The number of nitro benzene ring substituents is 1. The maximum absolute atomic E-state index is 12.8. The number of anilines is 1. The summed E-state index contributed by atoms with van der Waals surface area (Å²) in [6.45, 7) is -0.475. The number of rotatable bonds is 5. The van der Waals surface area contributed by atoms with Gasteiger partial charge in [-0.25, -0.2) is 8.78 Å². The zero-order valence-corrected chi connectivity index (χ0v) is 9.34. The fourth-order valence-corrected chi connectivity index (χ4v) is 1.47. The topological polar surface area (TPSA) is 83.7 Å². The molecule has 0 spiro atoms. The highest BCUT2D eigenvalue weighted by molar-refractivity contribution is 5.74. The summed E-state index contributed by atoms with van der Waals surface area (Å²) >= 11 is 0. The average Bonchev–Trinajstić information content (AvgIpc) is 2.26. The van der Waals surface area contributed by atoms with Gasteiger partial charge < -0.3 is 10.0 Å². The lowest BCUT2D eigenvalue weighted by Crippen LogP contribution is -2.26.